The maximum Gasteiger partial charge on any atom is 0.340 e. The third-order valence-corrected chi connectivity index (χ3v) is 3.07. The average molecular weight is 349 g/mol. The number of hydrogen-bond donors (Lipinski definition) is 3. The van der Waals surface area contributed by atoms with Gasteiger partial charge in [0.15, 0.2) is 6.61 Å². The number of anilines is 1. The van der Waals surface area contributed by atoms with Crippen LogP contribution in [0.2, 0.25) is 0 Å². The highest BCUT2D eigenvalue weighted by Crippen LogP contribution is 2.16. The Morgan fingerprint density at radius 2 is 1.80 bits per heavy atom. The Kier molecular flexibility index (Phi) is 7.91. The van der Waals surface area contributed by atoms with Crippen molar-refractivity contribution in [2.24, 2.45) is 0 Å². The molecule has 3 amide bonds. The zero-order chi connectivity index (χ0) is 18.9. The summed E-state index contributed by atoms with van der Waals surface area (Å²) in [5, 5.41) is 7.88. The van der Waals surface area contributed by atoms with Crippen LogP contribution in [0.3, 0.4) is 0 Å². The Morgan fingerprint density at radius 1 is 1.12 bits per heavy atom. The molecule has 0 aliphatic carbocycles. The van der Waals surface area contributed by atoms with Gasteiger partial charge in [0.1, 0.15) is 0 Å². The molecule has 25 heavy (non-hydrogen) atoms. The van der Waals surface area contributed by atoms with E-state index in [9.17, 15) is 14.4 Å². The van der Waals surface area contributed by atoms with Crippen LogP contribution in [0.25, 0.3) is 0 Å². The fourth-order valence-corrected chi connectivity index (χ4v) is 1.96. The molecule has 0 heterocycles. The van der Waals surface area contributed by atoms with E-state index in [2.05, 4.69) is 22.9 Å². The highest BCUT2D eigenvalue weighted by Gasteiger charge is 2.18. The molecule has 0 saturated carbocycles. The Balaban J connectivity index is 2.54. The lowest BCUT2D eigenvalue weighted by Gasteiger charge is -2.20. The first-order chi connectivity index (χ1) is 11.7. The van der Waals surface area contributed by atoms with Crippen LogP contribution in [0.4, 0.5) is 10.5 Å². The minimum absolute atomic E-state index is 0.352. The van der Waals surface area contributed by atoms with E-state index in [4.69, 9.17) is 4.74 Å². The fraction of sp³-hybridized carbons (Fsp3) is 0.500. The van der Waals surface area contributed by atoms with Gasteiger partial charge < -0.3 is 15.4 Å². The monoisotopic (exact) mass is 349 g/mol. The van der Waals surface area contributed by atoms with Crippen LogP contribution in [0.1, 0.15) is 50.9 Å². The number of benzene rings is 1. The molecule has 0 aliphatic rings. The Labute approximate surface area is 148 Å². The van der Waals surface area contributed by atoms with Crippen LogP contribution in [-0.4, -0.2) is 36.6 Å². The number of carbonyl (C=O) groups is 3. The zero-order valence-corrected chi connectivity index (χ0v) is 15.3. The summed E-state index contributed by atoms with van der Waals surface area (Å²) in [5.41, 5.74) is 0.543. The molecule has 0 spiro atoms. The van der Waals surface area contributed by atoms with Gasteiger partial charge in [0, 0.05) is 17.8 Å². The number of ether oxygens (including phenoxy) is 1. The Bertz CT molecular complexity index is 609. The van der Waals surface area contributed by atoms with E-state index in [0.29, 0.717) is 11.3 Å². The Morgan fingerprint density at radius 3 is 2.44 bits per heavy atom. The van der Waals surface area contributed by atoms with E-state index >= 15 is 0 Å². The number of esters is 1. The standard InChI is InChI=1S/C18H27N3O4/c1-5-6-11-19-14-10-8-7-9-13(14)16(23)25-12-15(22)20-17(24)21-18(2,3)4/h7-10,19H,5-6,11-12H2,1-4H3,(H2,20,21,22,24). The lowest BCUT2D eigenvalue weighted by atomic mass is 10.1. The number of amides is 3. The second kappa shape index (κ2) is 9.66. The molecule has 0 aliphatic heterocycles. The van der Waals surface area contributed by atoms with Crippen LogP contribution in [0, 0.1) is 0 Å². The molecule has 0 fully saturated rings. The van der Waals surface area contributed by atoms with Crippen LogP contribution in [0.15, 0.2) is 24.3 Å². The topological polar surface area (TPSA) is 96.5 Å². The van der Waals surface area contributed by atoms with Crippen molar-refractivity contribution in [2.45, 2.75) is 46.1 Å². The van der Waals surface area contributed by atoms with Crippen molar-refractivity contribution in [3.63, 3.8) is 0 Å². The third-order valence-electron chi connectivity index (χ3n) is 3.07. The molecular weight excluding hydrogens is 322 g/mol. The molecule has 0 radical (unpaired) electrons. The summed E-state index contributed by atoms with van der Waals surface area (Å²) in [6.07, 6.45) is 2.02. The van der Waals surface area contributed by atoms with Gasteiger partial charge in [-0.3, -0.25) is 10.1 Å². The van der Waals surface area contributed by atoms with E-state index in [0.717, 1.165) is 19.4 Å². The normalized spacial score (nSPS) is 10.7. The van der Waals surface area contributed by atoms with E-state index in [1.807, 2.05) is 6.07 Å². The molecule has 7 nitrogen and oxygen atoms in total. The first kappa shape index (κ1) is 20.5. The van der Waals surface area contributed by atoms with E-state index in [1.54, 1.807) is 39.0 Å². The van der Waals surface area contributed by atoms with Crippen LogP contribution < -0.4 is 16.0 Å². The molecule has 0 saturated heterocycles. The summed E-state index contributed by atoms with van der Waals surface area (Å²) in [5.74, 6) is -1.31. The third kappa shape index (κ3) is 8.19. The summed E-state index contributed by atoms with van der Waals surface area (Å²) in [6, 6.07) is 6.31. The SMILES string of the molecule is CCCCNc1ccccc1C(=O)OCC(=O)NC(=O)NC(C)(C)C. The van der Waals surface area contributed by atoms with Crippen molar-refractivity contribution in [1.82, 2.24) is 10.6 Å². The highest BCUT2D eigenvalue weighted by molar-refractivity contribution is 5.99. The molecular formula is C18H27N3O4. The molecule has 0 unspecified atom stereocenters. The maximum atomic E-state index is 12.2. The smallest absolute Gasteiger partial charge is 0.340 e. The molecule has 1 aromatic rings. The molecule has 1 aromatic carbocycles. The van der Waals surface area contributed by atoms with Gasteiger partial charge in [0.25, 0.3) is 5.91 Å². The summed E-state index contributed by atoms with van der Waals surface area (Å²) in [6.45, 7) is 7.67. The average Bonchev–Trinajstić information content (AvgIpc) is 2.51. The van der Waals surface area contributed by atoms with E-state index < -0.39 is 30.1 Å². The molecule has 1 rings (SSSR count). The summed E-state index contributed by atoms with van der Waals surface area (Å²) < 4.78 is 5.00. The molecule has 7 heteroatoms. The van der Waals surface area contributed by atoms with Crippen molar-refractivity contribution in [3.05, 3.63) is 29.8 Å². The first-order valence-electron chi connectivity index (χ1n) is 8.35. The lowest BCUT2D eigenvalue weighted by Crippen LogP contribution is -2.49. The minimum atomic E-state index is -0.688. The minimum Gasteiger partial charge on any atom is -0.452 e. The largest absolute Gasteiger partial charge is 0.452 e. The number of unbranched alkanes of at least 4 members (excludes halogenated alkanes) is 1. The molecule has 0 aromatic heterocycles. The second-order valence-electron chi connectivity index (χ2n) is 6.65. The fourth-order valence-electron chi connectivity index (χ4n) is 1.96. The van der Waals surface area contributed by atoms with Crippen LogP contribution in [-0.2, 0) is 9.53 Å². The van der Waals surface area contributed by atoms with Gasteiger partial charge in [-0.15, -0.1) is 0 Å². The van der Waals surface area contributed by atoms with Crippen molar-refractivity contribution in [3.8, 4) is 0 Å². The molecule has 138 valence electrons. The number of imide groups is 1. The van der Waals surface area contributed by atoms with Crippen LogP contribution in [0.5, 0.6) is 0 Å². The quantitative estimate of drug-likeness (QED) is 0.519. The van der Waals surface area contributed by atoms with E-state index in [-0.39, 0.29) is 0 Å². The molecule has 0 bridgehead atoms. The van der Waals surface area contributed by atoms with Crippen molar-refractivity contribution in [1.29, 1.82) is 0 Å². The van der Waals surface area contributed by atoms with Gasteiger partial charge in [-0.2, -0.15) is 0 Å². The molecule has 0 atom stereocenters. The summed E-state index contributed by atoms with van der Waals surface area (Å²) in [4.78, 5) is 35.5. The van der Waals surface area contributed by atoms with Crippen molar-refractivity contribution >= 4 is 23.6 Å². The number of nitrogens with one attached hydrogen (secondary N) is 3. The van der Waals surface area contributed by atoms with Gasteiger partial charge in [-0.1, -0.05) is 25.5 Å². The number of carbonyl (C=O) groups excluding carboxylic acids is 3. The number of para-hydroxylation sites is 1. The second-order valence-corrected chi connectivity index (χ2v) is 6.65. The number of rotatable bonds is 7. The van der Waals surface area contributed by atoms with Gasteiger partial charge in [0.05, 0.1) is 5.56 Å². The Hall–Kier alpha value is -2.57. The lowest BCUT2D eigenvalue weighted by molar-refractivity contribution is -0.123. The zero-order valence-electron chi connectivity index (χ0n) is 15.3. The van der Waals surface area contributed by atoms with E-state index in [1.165, 1.54) is 0 Å². The summed E-state index contributed by atoms with van der Waals surface area (Å²) >= 11 is 0. The highest BCUT2D eigenvalue weighted by atomic mass is 16.5. The summed E-state index contributed by atoms with van der Waals surface area (Å²) in [7, 11) is 0. The predicted molar refractivity (Wildman–Crippen MR) is 96.5 cm³/mol. The maximum absolute atomic E-state index is 12.2. The van der Waals surface area contributed by atoms with Gasteiger partial charge in [-0.05, 0) is 39.3 Å². The van der Waals surface area contributed by atoms with Gasteiger partial charge >= 0.3 is 12.0 Å². The van der Waals surface area contributed by atoms with Crippen molar-refractivity contribution in [2.75, 3.05) is 18.5 Å². The predicted octanol–water partition coefficient (Wildman–Crippen LogP) is 2.68. The van der Waals surface area contributed by atoms with Crippen molar-refractivity contribution < 1.29 is 19.1 Å². The van der Waals surface area contributed by atoms with Gasteiger partial charge in [0.2, 0.25) is 0 Å². The van der Waals surface area contributed by atoms with Crippen LogP contribution >= 0.6 is 0 Å². The number of hydrogen-bond acceptors (Lipinski definition) is 5. The molecule has 3 N–H and O–H groups in total. The first-order valence-corrected chi connectivity index (χ1v) is 8.35. The van der Waals surface area contributed by atoms with Gasteiger partial charge in [-0.25, -0.2) is 9.59 Å². The number of urea groups is 1.